The van der Waals surface area contributed by atoms with Crippen LogP contribution in [-0.4, -0.2) is 34.9 Å². The van der Waals surface area contributed by atoms with Crippen LogP contribution >= 0.6 is 11.6 Å². The zero-order chi connectivity index (χ0) is 22.3. The maximum atomic E-state index is 13.2. The first-order valence-corrected chi connectivity index (χ1v) is 10.5. The largest absolute Gasteiger partial charge is 0.484 e. The minimum Gasteiger partial charge on any atom is -0.484 e. The Labute approximate surface area is 184 Å². The first kappa shape index (κ1) is 23.7. The average molecular weight is 431 g/mol. The number of hydrogen-bond donors (Lipinski definition) is 1. The maximum absolute atomic E-state index is 13.2. The van der Waals surface area contributed by atoms with Gasteiger partial charge >= 0.3 is 0 Å². The first-order valence-electron chi connectivity index (χ1n) is 10.1. The molecule has 1 atom stereocenters. The molecule has 0 saturated heterocycles. The van der Waals surface area contributed by atoms with Gasteiger partial charge in [-0.15, -0.1) is 0 Å². The summed E-state index contributed by atoms with van der Waals surface area (Å²) in [6, 6.07) is 14.2. The third-order valence-corrected chi connectivity index (χ3v) is 4.90. The van der Waals surface area contributed by atoms with Crippen LogP contribution in [0.25, 0.3) is 0 Å². The van der Waals surface area contributed by atoms with E-state index in [0.29, 0.717) is 17.2 Å². The quantitative estimate of drug-likeness (QED) is 0.657. The van der Waals surface area contributed by atoms with E-state index in [9.17, 15) is 9.59 Å². The van der Waals surface area contributed by atoms with Crippen molar-refractivity contribution < 1.29 is 14.3 Å². The van der Waals surface area contributed by atoms with Crippen LogP contribution in [0, 0.1) is 6.92 Å². The molecule has 2 aromatic carbocycles. The van der Waals surface area contributed by atoms with Crippen molar-refractivity contribution in [2.75, 3.05) is 6.61 Å². The van der Waals surface area contributed by atoms with Gasteiger partial charge in [-0.05, 0) is 63.4 Å². The number of halogens is 1. The summed E-state index contributed by atoms with van der Waals surface area (Å²) < 4.78 is 5.72. The van der Waals surface area contributed by atoms with Gasteiger partial charge in [0.2, 0.25) is 5.91 Å². The summed E-state index contributed by atoms with van der Waals surface area (Å²) in [5, 5.41) is 3.54. The fraction of sp³-hybridized carbons (Fsp3) is 0.417. The van der Waals surface area contributed by atoms with Crippen molar-refractivity contribution >= 4 is 23.4 Å². The predicted octanol–water partition coefficient (Wildman–Crippen LogP) is 4.75. The fourth-order valence-electron chi connectivity index (χ4n) is 3.12. The highest BCUT2D eigenvalue weighted by atomic mass is 35.5. The molecule has 2 rings (SSSR count). The molecule has 0 bridgehead atoms. The summed E-state index contributed by atoms with van der Waals surface area (Å²) in [5.74, 6) is 0.154. The standard InChI is InChI=1S/C24H31ClN2O3/c1-6-21(23(29)26-24(3,4)5)27(15-18-11-7-8-13-20(18)25)22(28)16-30-19-12-9-10-17(2)14-19/h7-14,21H,6,15-16H2,1-5H3,(H,26,29)/t21-/m1/s1. The van der Waals surface area contributed by atoms with Crippen molar-refractivity contribution in [2.45, 2.75) is 59.2 Å². The van der Waals surface area contributed by atoms with E-state index in [2.05, 4.69) is 5.32 Å². The number of rotatable bonds is 8. The van der Waals surface area contributed by atoms with Crippen LogP contribution in [0.2, 0.25) is 5.02 Å². The fourth-order valence-corrected chi connectivity index (χ4v) is 3.31. The molecule has 2 aromatic rings. The molecule has 5 nitrogen and oxygen atoms in total. The van der Waals surface area contributed by atoms with Gasteiger partial charge in [0.1, 0.15) is 11.8 Å². The summed E-state index contributed by atoms with van der Waals surface area (Å²) >= 11 is 6.33. The van der Waals surface area contributed by atoms with Crippen molar-refractivity contribution in [3.05, 3.63) is 64.7 Å². The summed E-state index contributed by atoms with van der Waals surface area (Å²) in [5.41, 5.74) is 1.43. The van der Waals surface area contributed by atoms with Gasteiger partial charge in [-0.2, -0.15) is 0 Å². The molecule has 0 unspecified atom stereocenters. The molecular formula is C24H31ClN2O3. The van der Waals surface area contributed by atoms with Crippen LogP contribution in [0.4, 0.5) is 0 Å². The number of nitrogens with one attached hydrogen (secondary N) is 1. The molecule has 0 aliphatic rings. The highest BCUT2D eigenvalue weighted by Gasteiger charge is 2.31. The minimum absolute atomic E-state index is 0.160. The zero-order valence-electron chi connectivity index (χ0n) is 18.4. The molecule has 0 spiro atoms. The molecule has 1 N–H and O–H groups in total. The summed E-state index contributed by atoms with van der Waals surface area (Å²) in [6.45, 7) is 9.67. The van der Waals surface area contributed by atoms with Crippen molar-refractivity contribution in [1.29, 1.82) is 0 Å². The lowest BCUT2D eigenvalue weighted by Crippen LogP contribution is -2.54. The summed E-state index contributed by atoms with van der Waals surface area (Å²) in [6.07, 6.45) is 0.475. The molecule has 0 fully saturated rings. The van der Waals surface area contributed by atoms with Gasteiger partial charge < -0.3 is 15.0 Å². The highest BCUT2D eigenvalue weighted by molar-refractivity contribution is 6.31. The van der Waals surface area contributed by atoms with Crippen LogP contribution in [0.5, 0.6) is 5.75 Å². The Morgan fingerprint density at radius 2 is 1.83 bits per heavy atom. The van der Waals surface area contributed by atoms with Crippen LogP contribution in [0.1, 0.15) is 45.2 Å². The van der Waals surface area contributed by atoms with E-state index >= 15 is 0 Å². The van der Waals surface area contributed by atoms with Crippen molar-refractivity contribution in [1.82, 2.24) is 10.2 Å². The third kappa shape index (κ3) is 7.06. The van der Waals surface area contributed by atoms with E-state index < -0.39 is 11.6 Å². The smallest absolute Gasteiger partial charge is 0.261 e. The number of carbonyl (C=O) groups is 2. The maximum Gasteiger partial charge on any atom is 0.261 e. The van der Waals surface area contributed by atoms with E-state index in [1.165, 1.54) is 0 Å². The Bertz CT molecular complexity index is 877. The van der Waals surface area contributed by atoms with Gasteiger partial charge in [0.15, 0.2) is 6.61 Å². The summed E-state index contributed by atoms with van der Waals surface area (Å²) in [4.78, 5) is 27.7. The van der Waals surface area contributed by atoms with Crippen molar-refractivity contribution in [3.63, 3.8) is 0 Å². The molecule has 30 heavy (non-hydrogen) atoms. The molecule has 0 saturated carbocycles. The second kappa shape index (κ2) is 10.5. The molecular weight excluding hydrogens is 400 g/mol. The SMILES string of the molecule is CC[C@H](C(=O)NC(C)(C)C)N(Cc1ccccc1Cl)C(=O)COc1cccc(C)c1. The lowest BCUT2D eigenvalue weighted by molar-refractivity contribution is -0.143. The number of carbonyl (C=O) groups excluding carboxylic acids is 2. The number of aryl methyl sites for hydroxylation is 1. The second-order valence-corrected chi connectivity index (χ2v) is 8.79. The van der Waals surface area contributed by atoms with E-state index in [4.69, 9.17) is 16.3 Å². The van der Waals surface area contributed by atoms with Gasteiger partial charge in [-0.25, -0.2) is 0 Å². The van der Waals surface area contributed by atoms with Gasteiger partial charge in [0, 0.05) is 17.1 Å². The monoisotopic (exact) mass is 430 g/mol. The number of nitrogens with zero attached hydrogens (tertiary/aromatic N) is 1. The number of amides is 2. The topological polar surface area (TPSA) is 58.6 Å². The summed E-state index contributed by atoms with van der Waals surface area (Å²) in [7, 11) is 0. The minimum atomic E-state index is -0.630. The lowest BCUT2D eigenvalue weighted by Gasteiger charge is -2.33. The van der Waals surface area contributed by atoms with Gasteiger partial charge in [-0.3, -0.25) is 9.59 Å². The van der Waals surface area contributed by atoms with Crippen molar-refractivity contribution in [2.24, 2.45) is 0 Å². The normalized spacial score (nSPS) is 12.2. The van der Waals surface area contributed by atoms with E-state index in [-0.39, 0.29) is 25.0 Å². The van der Waals surface area contributed by atoms with Crippen LogP contribution < -0.4 is 10.1 Å². The van der Waals surface area contributed by atoms with Crippen LogP contribution in [0.15, 0.2) is 48.5 Å². The molecule has 0 aliphatic heterocycles. The van der Waals surface area contributed by atoms with Gasteiger partial charge in [0.05, 0.1) is 0 Å². The first-order chi connectivity index (χ1) is 14.1. The zero-order valence-corrected chi connectivity index (χ0v) is 19.1. The average Bonchev–Trinajstić information content (AvgIpc) is 2.66. The molecule has 2 amide bonds. The molecule has 6 heteroatoms. The Morgan fingerprint density at radius 3 is 2.43 bits per heavy atom. The number of benzene rings is 2. The predicted molar refractivity (Wildman–Crippen MR) is 121 cm³/mol. The molecule has 0 aliphatic carbocycles. The van der Waals surface area contributed by atoms with Crippen LogP contribution in [-0.2, 0) is 16.1 Å². The molecule has 162 valence electrons. The van der Waals surface area contributed by atoms with E-state index in [1.54, 1.807) is 11.0 Å². The Balaban J connectivity index is 2.25. The van der Waals surface area contributed by atoms with Gasteiger partial charge in [-0.1, -0.05) is 48.9 Å². The van der Waals surface area contributed by atoms with Gasteiger partial charge in [0.25, 0.3) is 5.91 Å². The second-order valence-electron chi connectivity index (χ2n) is 8.38. The van der Waals surface area contributed by atoms with Crippen LogP contribution in [0.3, 0.4) is 0 Å². The van der Waals surface area contributed by atoms with E-state index in [0.717, 1.165) is 11.1 Å². The molecule has 0 aromatic heterocycles. The Morgan fingerprint density at radius 1 is 1.13 bits per heavy atom. The number of hydrogen-bond acceptors (Lipinski definition) is 3. The molecule has 0 heterocycles. The van der Waals surface area contributed by atoms with Crippen molar-refractivity contribution in [3.8, 4) is 5.75 Å². The Hall–Kier alpha value is -2.53. The third-order valence-electron chi connectivity index (χ3n) is 4.53. The number of ether oxygens (including phenoxy) is 1. The lowest BCUT2D eigenvalue weighted by atomic mass is 10.1. The Kier molecular flexibility index (Phi) is 8.30. The highest BCUT2D eigenvalue weighted by Crippen LogP contribution is 2.21. The molecule has 0 radical (unpaired) electrons. The van der Waals surface area contributed by atoms with E-state index in [1.807, 2.05) is 77.1 Å².